The molecule has 0 aliphatic carbocycles. The molecule has 0 saturated carbocycles. The standard InChI is InChI=1S/C21H25FN4O3/c1-2-9-23-20(27)21(28)24-15-18(19-8-5-14-29-19)26-12-10-25(11-13-26)17-7-4-3-6-16(17)22/h2-8,14,18H,1,9-13,15H2,(H,23,27)(H,24,28)/t18-/m0/s1. The van der Waals surface area contributed by atoms with Gasteiger partial charge < -0.3 is 20.0 Å². The molecule has 29 heavy (non-hydrogen) atoms. The van der Waals surface area contributed by atoms with Crippen LogP contribution in [0, 0.1) is 5.82 Å². The van der Waals surface area contributed by atoms with Crippen LogP contribution < -0.4 is 15.5 Å². The van der Waals surface area contributed by atoms with Gasteiger partial charge in [0.2, 0.25) is 0 Å². The summed E-state index contributed by atoms with van der Waals surface area (Å²) in [5, 5.41) is 5.12. The highest BCUT2D eigenvalue weighted by Crippen LogP contribution is 2.25. The summed E-state index contributed by atoms with van der Waals surface area (Å²) in [6.07, 6.45) is 3.09. The van der Waals surface area contributed by atoms with E-state index in [-0.39, 0.29) is 24.9 Å². The summed E-state index contributed by atoms with van der Waals surface area (Å²) >= 11 is 0. The van der Waals surface area contributed by atoms with E-state index in [1.165, 1.54) is 12.1 Å². The molecule has 2 N–H and O–H groups in total. The van der Waals surface area contributed by atoms with Crippen molar-refractivity contribution >= 4 is 17.5 Å². The average molecular weight is 400 g/mol. The molecule has 154 valence electrons. The minimum Gasteiger partial charge on any atom is -0.468 e. The Morgan fingerprint density at radius 2 is 1.83 bits per heavy atom. The molecule has 0 bridgehead atoms. The third kappa shape index (κ3) is 5.23. The topological polar surface area (TPSA) is 77.8 Å². The third-order valence-corrected chi connectivity index (χ3v) is 4.89. The van der Waals surface area contributed by atoms with Gasteiger partial charge in [-0.3, -0.25) is 14.5 Å². The van der Waals surface area contributed by atoms with E-state index >= 15 is 0 Å². The van der Waals surface area contributed by atoms with Gasteiger partial charge in [0.25, 0.3) is 0 Å². The zero-order chi connectivity index (χ0) is 20.6. The number of carbonyl (C=O) groups excluding carboxylic acids is 2. The molecular weight excluding hydrogens is 375 g/mol. The Bertz CT molecular complexity index is 832. The van der Waals surface area contributed by atoms with Crippen LogP contribution in [0.5, 0.6) is 0 Å². The lowest BCUT2D eigenvalue weighted by atomic mass is 10.1. The number of furan rings is 1. The second-order valence-corrected chi connectivity index (χ2v) is 6.71. The molecule has 0 unspecified atom stereocenters. The minimum atomic E-state index is -0.701. The second kappa shape index (κ2) is 9.88. The lowest BCUT2D eigenvalue weighted by molar-refractivity contribution is -0.139. The van der Waals surface area contributed by atoms with E-state index in [9.17, 15) is 14.0 Å². The predicted molar refractivity (Wildman–Crippen MR) is 108 cm³/mol. The number of nitrogens with zero attached hydrogens (tertiary/aromatic N) is 2. The number of halogens is 1. The fourth-order valence-electron chi connectivity index (χ4n) is 3.39. The highest BCUT2D eigenvalue weighted by molar-refractivity contribution is 6.35. The maximum Gasteiger partial charge on any atom is 0.309 e. The molecule has 1 aliphatic heterocycles. The summed E-state index contributed by atoms with van der Waals surface area (Å²) in [5.74, 6) is -0.932. The van der Waals surface area contributed by atoms with Crippen LogP contribution in [0.15, 0.2) is 59.7 Å². The average Bonchev–Trinajstić information content (AvgIpc) is 3.27. The highest BCUT2D eigenvalue weighted by atomic mass is 19.1. The number of hydrogen-bond donors (Lipinski definition) is 2. The normalized spacial score (nSPS) is 15.6. The largest absolute Gasteiger partial charge is 0.468 e. The molecule has 0 radical (unpaired) electrons. The number of hydrogen-bond acceptors (Lipinski definition) is 5. The van der Waals surface area contributed by atoms with Gasteiger partial charge in [0.1, 0.15) is 11.6 Å². The molecule has 1 atom stereocenters. The molecule has 2 amide bonds. The van der Waals surface area contributed by atoms with Crippen molar-refractivity contribution in [2.24, 2.45) is 0 Å². The first-order chi connectivity index (χ1) is 14.1. The number of carbonyl (C=O) groups is 2. The van der Waals surface area contributed by atoms with Crippen molar-refractivity contribution < 1.29 is 18.4 Å². The van der Waals surface area contributed by atoms with E-state index < -0.39 is 11.8 Å². The SMILES string of the molecule is C=CCNC(=O)C(=O)NC[C@@H](c1ccco1)N1CCN(c2ccccc2F)CC1. The number of piperazine rings is 1. The van der Waals surface area contributed by atoms with Crippen molar-refractivity contribution in [3.63, 3.8) is 0 Å². The van der Waals surface area contributed by atoms with Crippen LogP contribution in [0.3, 0.4) is 0 Å². The van der Waals surface area contributed by atoms with Gasteiger partial charge in [-0.15, -0.1) is 6.58 Å². The Balaban J connectivity index is 1.61. The lowest BCUT2D eigenvalue weighted by Gasteiger charge is -2.39. The Labute approximate surface area is 169 Å². The van der Waals surface area contributed by atoms with Crippen molar-refractivity contribution in [2.75, 3.05) is 44.2 Å². The molecule has 2 aromatic rings. The fourth-order valence-corrected chi connectivity index (χ4v) is 3.39. The van der Waals surface area contributed by atoms with Crippen LogP contribution >= 0.6 is 0 Å². The van der Waals surface area contributed by atoms with E-state index in [1.807, 2.05) is 17.0 Å². The molecule has 3 rings (SSSR count). The lowest BCUT2D eigenvalue weighted by Crippen LogP contribution is -2.51. The smallest absolute Gasteiger partial charge is 0.309 e. The first kappa shape index (κ1) is 20.6. The third-order valence-electron chi connectivity index (χ3n) is 4.89. The maximum atomic E-state index is 14.1. The maximum absolute atomic E-state index is 14.1. The summed E-state index contributed by atoms with van der Waals surface area (Å²) < 4.78 is 19.6. The van der Waals surface area contributed by atoms with Crippen molar-refractivity contribution in [3.05, 3.63) is 66.9 Å². The van der Waals surface area contributed by atoms with Gasteiger partial charge in [0.05, 0.1) is 18.0 Å². The molecule has 0 spiro atoms. The van der Waals surface area contributed by atoms with Crippen molar-refractivity contribution in [1.82, 2.24) is 15.5 Å². The van der Waals surface area contributed by atoms with E-state index in [2.05, 4.69) is 22.1 Å². The monoisotopic (exact) mass is 400 g/mol. The molecular formula is C21H25FN4O3. The minimum absolute atomic E-state index is 0.219. The number of para-hydroxylation sites is 1. The molecule has 2 heterocycles. The Kier molecular flexibility index (Phi) is 7.02. The first-order valence-electron chi connectivity index (χ1n) is 9.54. The number of rotatable bonds is 7. The zero-order valence-corrected chi connectivity index (χ0v) is 16.1. The van der Waals surface area contributed by atoms with E-state index in [0.717, 1.165) is 0 Å². The molecule has 7 nitrogen and oxygen atoms in total. The van der Waals surface area contributed by atoms with Crippen LogP contribution in [0.25, 0.3) is 0 Å². The van der Waals surface area contributed by atoms with Gasteiger partial charge >= 0.3 is 11.8 Å². The predicted octanol–water partition coefficient (Wildman–Crippen LogP) is 1.70. The summed E-state index contributed by atoms with van der Waals surface area (Å²) in [6, 6.07) is 10.1. The molecule has 1 aliphatic rings. The van der Waals surface area contributed by atoms with E-state index in [0.29, 0.717) is 37.6 Å². The summed E-state index contributed by atoms with van der Waals surface area (Å²) in [4.78, 5) is 28.0. The van der Waals surface area contributed by atoms with Crippen molar-refractivity contribution in [1.29, 1.82) is 0 Å². The molecule has 1 saturated heterocycles. The van der Waals surface area contributed by atoms with Crippen molar-refractivity contribution in [3.8, 4) is 0 Å². The van der Waals surface area contributed by atoms with E-state index in [4.69, 9.17) is 4.42 Å². The van der Waals surface area contributed by atoms with Crippen LogP contribution in [-0.4, -0.2) is 56.0 Å². The van der Waals surface area contributed by atoms with Gasteiger partial charge in [-0.1, -0.05) is 18.2 Å². The van der Waals surface area contributed by atoms with Crippen LogP contribution in [-0.2, 0) is 9.59 Å². The quantitative estimate of drug-likeness (QED) is 0.547. The van der Waals surface area contributed by atoms with Crippen LogP contribution in [0.2, 0.25) is 0 Å². The zero-order valence-electron chi connectivity index (χ0n) is 16.1. The first-order valence-corrected chi connectivity index (χ1v) is 9.54. The Morgan fingerprint density at radius 1 is 1.10 bits per heavy atom. The van der Waals surface area contributed by atoms with Crippen molar-refractivity contribution in [2.45, 2.75) is 6.04 Å². The Morgan fingerprint density at radius 3 is 2.48 bits per heavy atom. The Hall–Kier alpha value is -3.13. The van der Waals surface area contributed by atoms with Gasteiger partial charge in [-0.05, 0) is 24.3 Å². The van der Waals surface area contributed by atoms with Gasteiger partial charge in [-0.25, -0.2) is 4.39 Å². The summed E-state index contributed by atoms with van der Waals surface area (Å²) in [7, 11) is 0. The second-order valence-electron chi connectivity index (χ2n) is 6.71. The summed E-state index contributed by atoms with van der Waals surface area (Å²) in [6.45, 7) is 6.58. The van der Waals surface area contributed by atoms with Gasteiger partial charge in [-0.2, -0.15) is 0 Å². The number of nitrogens with one attached hydrogen (secondary N) is 2. The summed E-state index contributed by atoms with van der Waals surface area (Å²) in [5.41, 5.74) is 0.592. The fraction of sp³-hybridized carbons (Fsp3) is 0.333. The number of benzene rings is 1. The highest BCUT2D eigenvalue weighted by Gasteiger charge is 2.28. The molecule has 8 heteroatoms. The van der Waals surface area contributed by atoms with E-state index in [1.54, 1.807) is 24.5 Å². The molecule has 1 fully saturated rings. The van der Waals surface area contributed by atoms with Gasteiger partial charge in [0, 0.05) is 39.3 Å². The number of amides is 2. The van der Waals surface area contributed by atoms with Gasteiger partial charge in [0.15, 0.2) is 0 Å². The number of anilines is 1. The van der Waals surface area contributed by atoms with Crippen LogP contribution in [0.4, 0.5) is 10.1 Å². The molecule has 1 aromatic heterocycles. The molecule has 1 aromatic carbocycles. The van der Waals surface area contributed by atoms with Crippen LogP contribution in [0.1, 0.15) is 11.8 Å².